The summed E-state index contributed by atoms with van der Waals surface area (Å²) in [5, 5.41) is 7.57. The lowest BCUT2D eigenvalue weighted by atomic mass is 10.2. The van der Waals surface area contributed by atoms with E-state index in [1.54, 1.807) is 6.20 Å². The van der Waals surface area contributed by atoms with E-state index in [0.29, 0.717) is 25.0 Å². The van der Waals surface area contributed by atoms with Gasteiger partial charge < -0.3 is 23.9 Å². The molecule has 3 heterocycles. The average molecular weight is 421 g/mol. The predicted octanol–water partition coefficient (Wildman–Crippen LogP) is 3.03. The molecule has 0 bridgehead atoms. The van der Waals surface area contributed by atoms with Crippen LogP contribution in [-0.2, 0) is 17.7 Å². The van der Waals surface area contributed by atoms with Gasteiger partial charge in [-0.15, -0.1) is 0 Å². The minimum Gasteiger partial charge on any atom is -0.494 e. The fourth-order valence-electron chi connectivity index (χ4n) is 3.26. The minimum absolute atomic E-state index is 0.545. The highest BCUT2D eigenvalue weighted by Gasteiger charge is 2.16. The molecule has 162 valence electrons. The third kappa shape index (κ3) is 6.20. The van der Waals surface area contributed by atoms with E-state index in [9.17, 15) is 0 Å². The molecule has 1 N–H and O–H groups in total. The number of rotatable bonds is 10. The third-order valence-electron chi connectivity index (χ3n) is 5.10. The summed E-state index contributed by atoms with van der Waals surface area (Å²) in [4.78, 5) is 4.32. The Morgan fingerprint density at radius 3 is 2.84 bits per heavy atom. The van der Waals surface area contributed by atoms with Crippen LogP contribution in [0.1, 0.15) is 42.6 Å². The second-order valence-corrected chi connectivity index (χ2v) is 7.53. The Labute approximate surface area is 182 Å². The van der Waals surface area contributed by atoms with Crippen LogP contribution in [0.4, 0.5) is 0 Å². The normalized spacial score (nSPS) is 13.5. The van der Waals surface area contributed by atoms with Crippen LogP contribution in [0.5, 0.6) is 5.75 Å². The van der Waals surface area contributed by atoms with E-state index >= 15 is 0 Å². The molecule has 1 aromatic carbocycles. The number of unbranched alkanes of at least 4 members (excludes halogenated alkanes) is 1. The number of ether oxygens (including phenoxy) is 2. The smallest absolute Gasteiger partial charge is 0.210 e. The summed E-state index contributed by atoms with van der Waals surface area (Å²) in [5.41, 5.74) is 1.73. The van der Waals surface area contributed by atoms with Crippen molar-refractivity contribution in [3.8, 4) is 17.6 Å². The number of benzene rings is 1. The highest BCUT2D eigenvalue weighted by atomic mass is 16.5. The maximum Gasteiger partial charge on any atom is 0.210 e. The molecule has 0 unspecified atom stereocenters. The number of hydrogen-bond donors (Lipinski definition) is 1. The van der Waals surface area contributed by atoms with Crippen molar-refractivity contribution in [2.75, 3.05) is 26.4 Å². The molecule has 0 aliphatic carbocycles. The highest BCUT2D eigenvalue weighted by molar-refractivity contribution is 5.41. The van der Waals surface area contributed by atoms with E-state index in [2.05, 4.69) is 38.8 Å². The largest absolute Gasteiger partial charge is 0.494 e. The molecule has 1 aliphatic heterocycles. The van der Waals surface area contributed by atoms with Gasteiger partial charge in [0.2, 0.25) is 5.76 Å². The number of hydrogen-bond acceptors (Lipinski definition) is 6. The van der Waals surface area contributed by atoms with Gasteiger partial charge in [-0.3, -0.25) is 0 Å². The van der Waals surface area contributed by atoms with E-state index in [0.717, 1.165) is 61.9 Å². The molecule has 1 aliphatic rings. The van der Waals surface area contributed by atoms with Crippen LogP contribution in [-0.4, -0.2) is 47.1 Å². The molecule has 31 heavy (non-hydrogen) atoms. The van der Waals surface area contributed by atoms with E-state index in [4.69, 9.17) is 14.0 Å². The van der Waals surface area contributed by atoms with Crippen molar-refractivity contribution in [3.63, 3.8) is 0 Å². The quantitative estimate of drug-likeness (QED) is 0.401. The molecular formula is C24H28N4O3. The first-order valence-corrected chi connectivity index (χ1v) is 10.8. The first-order valence-electron chi connectivity index (χ1n) is 10.8. The van der Waals surface area contributed by atoms with Crippen molar-refractivity contribution in [1.82, 2.24) is 20.0 Å². The molecule has 0 saturated carbocycles. The summed E-state index contributed by atoms with van der Waals surface area (Å²) >= 11 is 0. The molecule has 4 rings (SSSR count). The number of aryl methyl sites for hydroxylation is 1. The molecule has 3 aromatic rings. The maximum atomic E-state index is 5.81. The molecule has 7 nitrogen and oxygen atoms in total. The minimum atomic E-state index is 0.545. The summed E-state index contributed by atoms with van der Waals surface area (Å²) in [6, 6.07) is 10.2. The van der Waals surface area contributed by atoms with Crippen molar-refractivity contribution >= 4 is 0 Å². The number of imidazole rings is 1. The molecule has 0 radical (unpaired) electrons. The molecule has 7 heteroatoms. The molecule has 2 aromatic heterocycles. The average Bonchev–Trinajstić information content (AvgIpc) is 3.40. The molecule has 0 spiro atoms. The summed E-state index contributed by atoms with van der Waals surface area (Å²) < 4.78 is 18.4. The van der Waals surface area contributed by atoms with Crippen molar-refractivity contribution < 1.29 is 14.0 Å². The van der Waals surface area contributed by atoms with Gasteiger partial charge in [0.15, 0.2) is 0 Å². The van der Waals surface area contributed by atoms with E-state index < -0.39 is 0 Å². The van der Waals surface area contributed by atoms with Gasteiger partial charge in [0.25, 0.3) is 0 Å². The van der Waals surface area contributed by atoms with Gasteiger partial charge in [0.05, 0.1) is 32.4 Å². The SMILES string of the molecule is CCc1nccn1Cc1cc(C#Cc2ccc(OCCCCNC3COC3)cc2)on1. The van der Waals surface area contributed by atoms with E-state index in [1.807, 2.05) is 36.5 Å². The molecule has 1 saturated heterocycles. The lowest BCUT2D eigenvalue weighted by Crippen LogP contribution is -2.46. The third-order valence-corrected chi connectivity index (χ3v) is 5.10. The number of nitrogens with one attached hydrogen (secondary N) is 1. The van der Waals surface area contributed by atoms with Crippen LogP contribution in [0.2, 0.25) is 0 Å². The van der Waals surface area contributed by atoms with Crippen LogP contribution in [0.3, 0.4) is 0 Å². The van der Waals surface area contributed by atoms with Crippen molar-refractivity contribution in [1.29, 1.82) is 0 Å². The first kappa shape index (κ1) is 21.2. The van der Waals surface area contributed by atoms with Crippen LogP contribution in [0, 0.1) is 11.8 Å². The van der Waals surface area contributed by atoms with E-state index in [-0.39, 0.29) is 0 Å². The Hall–Kier alpha value is -3.08. The zero-order valence-electron chi connectivity index (χ0n) is 17.8. The topological polar surface area (TPSA) is 74.3 Å². The van der Waals surface area contributed by atoms with Gasteiger partial charge in [-0.2, -0.15) is 0 Å². The monoisotopic (exact) mass is 420 g/mol. The number of aromatic nitrogens is 3. The summed E-state index contributed by atoms with van der Waals surface area (Å²) in [7, 11) is 0. The van der Waals surface area contributed by atoms with Crippen LogP contribution >= 0.6 is 0 Å². The standard InChI is InChI=1S/C24H28N4O3/c1-2-24-26-12-13-28(24)16-20-15-23(31-27-20)10-7-19-5-8-22(9-6-19)30-14-4-3-11-25-21-17-29-18-21/h5-6,8-9,12-13,15,21,25H,2-4,11,14,16-18H2,1H3. The van der Waals surface area contributed by atoms with Crippen LogP contribution in [0.25, 0.3) is 0 Å². The fraction of sp³-hybridized carbons (Fsp3) is 0.417. The van der Waals surface area contributed by atoms with Crippen LogP contribution in [0.15, 0.2) is 47.2 Å². The second-order valence-electron chi connectivity index (χ2n) is 7.53. The Bertz CT molecular complexity index is 1010. The Kier molecular flexibility index (Phi) is 7.37. The lowest BCUT2D eigenvalue weighted by Gasteiger charge is -2.26. The molecule has 1 fully saturated rings. The molecular weight excluding hydrogens is 392 g/mol. The first-order chi connectivity index (χ1) is 15.3. The fourth-order valence-corrected chi connectivity index (χ4v) is 3.26. The lowest BCUT2D eigenvalue weighted by molar-refractivity contribution is -0.00503. The van der Waals surface area contributed by atoms with Gasteiger partial charge in [-0.05, 0) is 49.6 Å². The van der Waals surface area contributed by atoms with Gasteiger partial charge >= 0.3 is 0 Å². The van der Waals surface area contributed by atoms with Crippen molar-refractivity contribution in [3.05, 3.63) is 65.6 Å². The van der Waals surface area contributed by atoms with Crippen molar-refractivity contribution in [2.24, 2.45) is 0 Å². The zero-order chi connectivity index (χ0) is 21.3. The molecule has 0 amide bonds. The highest BCUT2D eigenvalue weighted by Crippen LogP contribution is 2.13. The zero-order valence-corrected chi connectivity index (χ0v) is 17.8. The number of nitrogens with zero attached hydrogens (tertiary/aromatic N) is 3. The summed E-state index contributed by atoms with van der Waals surface area (Å²) in [5.74, 6) is 8.58. The predicted molar refractivity (Wildman–Crippen MR) is 117 cm³/mol. The molecule has 0 atom stereocenters. The summed E-state index contributed by atoms with van der Waals surface area (Å²) in [6.45, 7) is 6.12. The van der Waals surface area contributed by atoms with Gasteiger partial charge in [-0.25, -0.2) is 4.98 Å². The van der Waals surface area contributed by atoms with Gasteiger partial charge in [0, 0.05) is 30.4 Å². The second kappa shape index (κ2) is 10.8. The van der Waals surface area contributed by atoms with E-state index in [1.165, 1.54) is 0 Å². The summed E-state index contributed by atoms with van der Waals surface area (Å²) in [6.07, 6.45) is 6.75. The Balaban J connectivity index is 1.21. The van der Waals surface area contributed by atoms with Crippen LogP contribution < -0.4 is 10.1 Å². The maximum absolute atomic E-state index is 5.81. The Morgan fingerprint density at radius 1 is 1.19 bits per heavy atom. The van der Waals surface area contributed by atoms with Gasteiger partial charge in [0.1, 0.15) is 17.3 Å². The Morgan fingerprint density at radius 2 is 2.06 bits per heavy atom. The van der Waals surface area contributed by atoms with Gasteiger partial charge in [-0.1, -0.05) is 18.0 Å². The van der Waals surface area contributed by atoms with Crippen molar-refractivity contribution in [2.45, 2.75) is 38.8 Å².